The molecule has 1 saturated carbocycles. The first kappa shape index (κ1) is 12.0. The number of benzene rings is 1. The minimum absolute atomic E-state index is 0.670. The fraction of sp³-hybridized carbons (Fsp3) is 0.625. The molecule has 18 heavy (non-hydrogen) atoms. The molecule has 0 amide bonds. The van der Waals surface area contributed by atoms with Crippen LogP contribution in [0, 0.1) is 5.92 Å². The Bertz CT molecular complexity index is 416. The third-order valence-electron chi connectivity index (χ3n) is 4.45. The van der Waals surface area contributed by atoms with E-state index in [1.807, 2.05) is 0 Å². The van der Waals surface area contributed by atoms with Crippen LogP contribution < -0.4 is 5.32 Å². The summed E-state index contributed by atoms with van der Waals surface area (Å²) in [7, 11) is 0. The van der Waals surface area contributed by atoms with Crippen molar-refractivity contribution in [2.75, 3.05) is 5.32 Å². The van der Waals surface area contributed by atoms with Gasteiger partial charge in [-0.3, -0.25) is 0 Å². The van der Waals surface area contributed by atoms with E-state index in [-0.39, 0.29) is 0 Å². The van der Waals surface area contributed by atoms with Gasteiger partial charge in [0.2, 0.25) is 0 Å². The van der Waals surface area contributed by atoms with Crippen molar-refractivity contribution < 1.29 is 4.74 Å². The molecule has 0 aromatic heterocycles. The zero-order valence-corrected chi connectivity index (χ0v) is 11.2. The van der Waals surface area contributed by atoms with Crippen LogP contribution in [-0.4, -0.2) is 6.04 Å². The first-order valence-corrected chi connectivity index (χ1v) is 7.31. The van der Waals surface area contributed by atoms with Crippen LogP contribution in [-0.2, 0) is 18.0 Å². The minimum Gasteiger partial charge on any atom is -0.382 e. The molecule has 1 N–H and O–H groups in total. The van der Waals surface area contributed by atoms with Crippen molar-refractivity contribution in [2.45, 2.75) is 58.3 Å². The van der Waals surface area contributed by atoms with Crippen molar-refractivity contribution in [2.24, 2.45) is 5.92 Å². The van der Waals surface area contributed by atoms with Gasteiger partial charge in [0, 0.05) is 11.7 Å². The summed E-state index contributed by atoms with van der Waals surface area (Å²) in [5.74, 6) is 0.925. The lowest BCUT2D eigenvalue weighted by Crippen LogP contribution is -2.27. The first-order chi connectivity index (χ1) is 8.85. The summed E-state index contributed by atoms with van der Waals surface area (Å²) in [6.45, 7) is 3.89. The summed E-state index contributed by atoms with van der Waals surface area (Å²) >= 11 is 0. The topological polar surface area (TPSA) is 21.3 Å². The van der Waals surface area contributed by atoms with Crippen molar-refractivity contribution >= 4 is 5.69 Å². The van der Waals surface area contributed by atoms with Gasteiger partial charge in [-0.1, -0.05) is 32.3 Å². The van der Waals surface area contributed by atoms with E-state index < -0.39 is 0 Å². The Morgan fingerprint density at radius 2 is 2.11 bits per heavy atom. The van der Waals surface area contributed by atoms with Gasteiger partial charge in [0.05, 0.1) is 13.2 Å². The van der Waals surface area contributed by atoms with E-state index in [2.05, 4.69) is 30.4 Å². The smallest absolute Gasteiger partial charge is 0.0725 e. The number of rotatable bonds is 3. The number of hydrogen-bond acceptors (Lipinski definition) is 2. The molecule has 1 aliphatic carbocycles. The minimum atomic E-state index is 0.670. The number of fused-ring (bicyclic) bond motifs is 1. The number of nitrogens with one attached hydrogen (secondary N) is 1. The fourth-order valence-corrected chi connectivity index (χ4v) is 3.29. The third-order valence-corrected chi connectivity index (χ3v) is 4.45. The molecule has 0 saturated heterocycles. The SMILES string of the molecule is CCC1CCCC(Nc2ccc3c(c2)COC3)C1. The highest BCUT2D eigenvalue weighted by atomic mass is 16.5. The molecular formula is C16H23NO. The van der Waals surface area contributed by atoms with E-state index in [0.29, 0.717) is 6.04 Å². The number of hydrogen-bond donors (Lipinski definition) is 1. The maximum Gasteiger partial charge on any atom is 0.0725 e. The normalized spacial score (nSPS) is 26.9. The quantitative estimate of drug-likeness (QED) is 0.865. The average Bonchev–Trinajstić information content (AvgIpc) is 2.86. The number of ether oxygens (including phenoxy) is 1. The summed E-state index contributed by atoms with van der Waals surface area (Å²) in [6.07, 6.45) is 6.79. The fourth-order valence-electron chi connectivity index (χ4n) is 3.29. The predicted molar refractivity (Wildman–Crippen MR) is 74.6 cm³/mol. The van der Waals surface area contributed by atoms with Crippen LogP contribution in [0.4, 0.5) is 5.69 Å². The second-order valence-corrected chi connectivity index (χ2v) is 5.76. The summed E-state index contributed by atoms with van der Waals surface area (Å²) < 4.78 is 5.47. The molecule has 1 heterocycles. The van der Waals surface area contributed by atoms with E-state index in [4.69, 9.17) is 4.74 Å². The van der Waals surface area contributed by atoms with Crippen LogP contribution in [0.3, 0.4) is 0 Å². The molecule has 0 bridgehead atoms. The Morgan fingerprint density at radius 3 is 3.00 bits per heavy atom. The molecule has 2 atom stereocenters. The van der Waals surface area contributed by atoms with Gasteiger partial charge in [0.1, 0.15) is 0 Å². The Kier molecular flexibility index (Phi) is 3.55. The van der Waals surface area contributed by atoms with E-state index in [9.17, 15) is 0 Å². The molecule has 1 aromatic carbocycles. The van der Waals surface area contributed by atoms with Crippen LogP contribution in [0.1, 0.15) is 50.2 Å². The summed E-state index contributed by atoms with van der Waals surface area (Å²) in [4.78, 5) is 0. The van der Waals surface area contributed by atoms with Gasteiger partial charge >= 0.3 is 0 Å². The second-order valence-electron chi connectivity index (χ2n) is 5.76. The van der Waals surface area contributed by atoms with Gasteiger partial charge < -0.3 is 10.1 Å². The largest absolute Gasteiger partial charge is 0.382 e. The molecule has 3 rings (SSSR count). The zero-order chi connectivity index (χ0) is 12.4. The zero-order valence-electron chi connectivity index (χ0n) is 11.2. The Morgan fingerprint density at radius 1 is 1.22 bits per heavy atom. The van der Waals surface area contributed by atoms with E-state index in [0.717, 1.165) is 19.1 Å². The number of anilines is 1. The molecule has 2 aliphatic rings. The van der Waals surface area contributed by atoms with E-state index in [1.165, 1.54) is 48.9 Å². The van der Waals surface area contributed by atoms with Gasteiger partial charge in [0.25, 0.3) is 0 Å². The van der Waals surface area contributed by atoms with Crippen molar-refractivity contribution in [1.29, 1.82) is 0 Å². The van der Waals surface area contributed by atoms with Gasteiger partial charge in [-0.25, -0.2) is 0 Å². The molecule has 2 heteroatoms. The molecule has 2 nitrogen and oxygen atoms in total. The van der Waals surface area contributed by atoms with Gasteiger partial charge in [-0.2, -0.15) is 0 Å². The summed E-state index contributed by atoms with van der Waals surface area (Å²) in [5.41, 5.74) is 4.00. The lowest BCUT2D eigenvalue weighted by Gasteiger charge is -2.30. The molecule has 0 spiro atoms. The molecule has 2 unspecified atom stereocenters. The monoisotopic (exact) mass is 245 g/mol. The highest BCUT2D eigenvalue weighted by Gasteiger charge is 2.21. The van der Waals surface area contributed by atoms with Crippen LogP contribution in [0.15, 0.2) is 18.2 Å². The van der Waals surface area contributed by atoms with Crippen LogP contribution >= 0.6 is 0 Å². The maximum atomic E-state index is 5.47. The van der Waals surface area contributed by atoms with Crippen molar-refractivity contribution in [1.82, 2.24) is 0 Å². The molecular weight excluding hydrogens is 222 g/mol. The molecule has 1 aromatic rings. The van der Waals surface area contributed by atoms with Crippen molar-refractivity contribution in [3.05, 3.63) is 29.3 Å². The lowest BCUT2D eigenvalue weighted by atomic mass is 9.84. The Balaban J connectivity index is 1.65. The van der Waals surface area contributed by atoms with Crippen LogP contribution in [0.5, 0.6) is 0 Å². The van der Waals surface area contributed by atoms with E-state index >= 15 is 0 Å². The Labute approximate surface area is 110 Å². The molecule has 98 valence electrons. The molecule has 0 radical (unpaired) electrons. The van der Waals surface area contributed by atoms with Crippen molar-refractivity contribution in [3.8, 4) is 0 Å². The Hall–Kier alpha value is -1.02. The van der Waals surface area contributed by atoms with Gasteiger partial charge in [-0.15, -0.1) is 0 Å². The highest BCUT2D eigenvalue weighted by molar-refractivity contribution is 5.50. The highest BCUT2D eigenvalue weighted by Crippen LogP contribution is 2.30. The first-order valence-electron chi connectivity index (χ1n) is 7.31. The van der Waals surface area contributed by atoms with Crippen LogP contribution in [0.2, 0.25) is 0 Å². The van der Waals surface area contributed by atoms with Crippen LogP contribution in [0.25, 0.3) is 0 Å². The summed E-state index contributed by atoms with van der Waals surface area (Å²) in [6, 6.07) is 7.37. The van der Waals surface area contributed by atoms with Gasteiger partial charge in [0.15, 0.2) is 0 Å². The standard InChI is InChI=1S/C16H23NO/c1-2-12-4-3-5-15(8-12)17-16-7-6-13-10-18-11-14(13)9-16/h6-7,9,12,15,17H,2-5,8,10-11H2,1H3. The maximum absolute atomic E-state index is 5.47. The molecule has 1 fully saturated rings. The molecule has 1 aliphatic heterocycles. The average molecular weight is 245 g/mol. The second kappa shape index (κ2) is 5.31. The third kappa shape index (κ3) is 2.54. The summed E-state index contributed by atoms with van der Waals surface area (Å²) in [5, 5.41) is 3.72. The predicted octanol–water partition coefficient (Wildman–Crippen LogP) is 4.10. The lowest BCUT2D eigenvalue weighted by molar-refractivity contribution is 0.134. The van der Waals surface area contributed by atoms with Crippen molar-refractivity contribution in [3.63, 3.8) is 0 Å². The van der Waals surface area contributed by atoms with Gasteiger partial charge in [-0.05, 0) is 42.0 Å². The van der Waals surface area contributed by atoms with E-state index in [1.54, 1.807) is 0 Å².